The Kier molecular flexibility index (Phi) is 5.38. The molecule has 0 amide bonds. The molecule has 0 radical (unpaired) electrons. The van der Waals surface area contributed by atoms with Gasteiger partial charge in [0.25, 0.3) is 0 Å². The standard InChI is InChI=1S/C23H25ClN2O2S/c1-23(2,3)17-10-11-25-22-19(17)21(29-16-8-6-15(24)7-9-16)20-14(13-18(27)28)5-4-12-26(20)22/h6-11,14H,4-5,12-13H2,1-3H3,(H,27,28). The zero-order valence-electron chi connectivity index (χ0n) is 16.9. The largest absolute Gasteiger partial charge is 0.481 e. The molecule has 4 rings (SSSR count). The second-order valence-corrected chi connectivity index (χ2v) is 10.2. The highest BCUT2D eigenvalue weighted by Crippen LogP contribution is 2.47. The number of carbonyl (C=O) groups is 1. The predicted molar refractivity (Wildman–Crippen MR) is 118 cm³/mol. The number of hydrogen-bond acceptors (Lipinski definition) is 3. The third-order valence-electron chi connectivity index (χ3n) is 5.52. The van der Waals surface area contributed by atoms with Crippen molar-refractivity contribution in [3.63, 3.8) is 0 Å². The van der Waals surface area contributed by atoms with Gasteiger partial charge in [-0.1, -0.05) is 44.1 Å². The Labute approximate surface area is 180 Å². The Morgan fingerprint density at radius 3 is 2.66 bits per heavy atom. The normalized spacial score (nSPS) is 16.8. The smallest absolute Gasteiger partial charge is 0.304 e. The monoisotopic (exact) mass is 428 g/mol. The molecule has 1 aromatic carbocycles. The first kappa shape index (κ1) is 20.3. The number of aromatic nitrogens is 2. The quantitative estimate of drug-likeness (QED) is 0.515. The van der Waals surface area contributed by atoms with E-state index in [1.54, 1.807) is 11.8 Å². The fourth-order valence-electron chi connectivity index (χ4n) is 4.27. The first-order chi connectivity index (χ1) is 13.8. The van der Waals surface area contributed by atoms with Crippen LogP contribution in [-0.4, -0.2) is 20.6 Å². The number of carboxylic acids is 1. The molecule has 1 aliphatic heterocycles. The van der Waals surface area contributed by atoms with Gasteiger partial charge < -0.3 is 9.67 Å². The van der Waals surface area contributed by atoms with E-state index >= 15 is 0 Å². The van der Waals surface area contributed by atoms with Gasteiger partial charge in [0, 0.05) is 44.6 Å². The summed E-state index contributed by atoms with van der Waals surface area (Å²) < 4.78 is 2.26. The molecule has 1 aliphatic rings. The van der Waals surface area contributed by atoms with Gasteiger partial charge in [0.15, 0.2) is 0 Å². The molecule has 6 heteroatoms. The minimum Gasteiger partial charge on any atom is -0.481 e. The second kappa shape index (κ2) is 7.69. The van der Waals surface area contributed by atoms with Gasteiger partial charge >= 0.3 is 5.97 Å². The fraction of sp³-hybridized carbons (Fsp3) is 0.391. The van der Waals surface area contributed by atoms with Crippen LogP contribution in [0.15, 0.2) is 46.3 Å². The summed E-state index contributed by atoms with van der Waals surface area (Å²) in [6.45, 7) is 7.52. The van der Waals surface area contributed by atoms with Crippen LogP contribution in [0.25, 0.3) is 11.0 Å². The van der Waals surface area contributed by atoms with Gasteiger partial charge in [0.05, 0.1) is 6.42 Å². The molecule has 0 saturated heterocycles. The molecule has 1 unspecified atom stereocenters. The Morgan fingerprint density at radius 2 is 2.00 bits per heavy atom. The van der Waals surface area contributed by atoms with Crippen LogP contribution in [0, 0.1) is 0 Å². The Hall–Kier alpha value is -1.98. The van der Waals surface area contributed by atoms with E-state index in [2.05, 4.69) is 31.4 Å². The molecule has 1 N–H and O–H groups in total. The predicted octanol–water partition coefficient (Wildman–Crippen LogP) is 6.49. The molecule has 0 saturated carbocycles. The van der Waals surface area contributed by atoms with Gasteiger partial charge in [-0.05, 0) is 54.2 Å². The third kappa shape index (κ3) is 3.90. The summed E-state index contributed by atoms with van der Waals surface area (Å²) in [6, 6.07) is 9.93. The molecule has 0 fully saturated rings. The highest BCUT2D eigenvalue weighted by Gasteiger charge is 2.32. The molecule has 29 heavy (non-hydrogen) atoms. The molecule has 0 aliphatic carbocycles. The van der Waals surface area contributed by atoms with Gasteiger partial charge in [-0.15, -0.1) is 0 Å². The highest BCUT2D eigenvalue weighted by atomic mass is 35.5. The first-order valence-electron chi connectivity index (χ1n) is 9.92. The minimum absolute atomic E-state index is 0.00179. The fourth-order valence-corrected chi connectivity index (χ4v) is 5.59. The number of rotatable bonds is 4. The number of pyridine rings is 1. The summed E-state index contributed by atoms with van der Waals surface area (Å²) in [7, 11) is 0. The maximum atomic E-state index is 11.6. The number of fused-ring (bicyclic) bond motifs is 3. The van der Waals surface area contributed by atoms with Gasteiger partial charge in [-0.25, -0.2) is 4.98 Å². The van der Waals surface area contributed by atoms with E-state index in [1.807, 2.05) is 30.5 Å². The molecule has 3 heterocycles. The molecule has 1 atom stereocenters. The van der Waals surface area contributed by atoms with E-state index < -0.39 is 5.97 Å². The zero-order valence-corrected chi connectivity index (χ0v) is 18.5. The van der Waals surface area contributed by atoms with E-state index in [-0.39, 0.29) is 17.8 Å². The van der Waals surface area contributed by atoms with Crippen LogP contribution in [0.5, 0.6) is 0 Å². The van der Waals surface area contributed by atoms with E-state index in [9.17, 15) is 9.90 Å². The Balaban J connectivity index is 1.99. The molecule has 0 spiro atoms. The van der Waals surface area contributed by atoms with Gasteiger partial charge in [-0.2, -0.15) is 0 Å². The number of halogens is 1. The first-order valence-corrected chi connectivity index (χ1v) is 11.1. The van der Waals surface area contributed by atoms with E-state index in [0.717, 1.165) is 45.9 Å². The van der Waals surface area contributed by atoms with Crippen LogP contribution in [0.1, 0.15) is 57.2 Å². The van der Waals surface area contributed by atoms with Crippen LogP contribution in [0.3, 0.4) is 0 Å². The van der Waals surface area contributed by atoms with Crippen molar-refractivity contribution in [2.45, 2.75) is 67.7 Å². The van der Waals surface area contributed by atoms with Crippen molar-refractivity contribution in [1.29, 1.82) is 0 Å². The molecule has 4 nitrogen and oxygen atoms in total. The van der Waals surface area contributed by atoms with Crippen molar-refractivity contribution < 1.29 is 9.90 Å². The number of aryl methyl sites for hydroxylation is 1. The molecule has 3 aromatic rings. The number of hydrogen-bond donors (Lipinski definition) is 1. The summed E-state index contributed by atoms with van der Waals surface area (Å²) in [5.74, 6) is -0.752. The van der Waals surface area contributed by atoms with E-state index in [0.29, 0.717) is 5.02 Å². The van der Waals surface area contributed by atoms with Crippen molar-refractivity contribution in [2.75, 3.05) is 0 Å². The number of carboxylic acid groups (broad SMARTS) is 1. The lowest BCUT2D eigenvalue weighted by atomic mass is 9.85. The number of nitrogens with zero attached hydrogens (tertiary/aromatic N) is 2. The van der Waals surface area contributed by atoms with Crippen LogP contribution < -0.4 is 0 Å². The average Bonchev–Trinajstić information content (AvgIpc) is 2.97. The van der Waals surface area contributed by atoms with Gasteiger partial charge in [0.1, 0.15) is 5.65 Å². The summed E-state index contributed by atoms with van der Waals surface area (Å²) in [5.41, 5.74) is 3.29. The van der Waals surface area contributed by atoms with Gasteiger partial charge in [0.2, 0.25) is 0 Å². The summed E-state index contributed by atoms with van der Waals surface area (Å²) >= 11 is 7.78. The van der Waals surface area contributed by atoms with Crippen LogP contribution in [0.4, 0.5) is 0 Å². The van der Waals surface area contributed by atoms with Crippen molar-refractivity contribution in [3.8, 4) is 0 Å². The van der Waals surface area contributed by atoms with Crippen molar-refractivity contribution in [1.82, 2.24) is 9.55 Å². The van der Waals surface area contributed by atoms with Crippen molar-refractivity contribution >= 4 is 40.4 Å². The zero-order chi connectivity index (χ0) is 20.8. The molecule has 152 valence electrons. The lowest BCUT2D eigenvalue weighted by Crippen LogP contribution is -2.18. The Morgan fingerprint density at radius 1 is 1.28 bits per heavy atom. The summed E-state index contributed by atoms with van der Waals surface area (Å²) in [6.07, 6.45) is 3.89. The molecular formula is C23H25ClN2O2S. The number of aliphatic carboxylic acids is 1. The maximum Gasteiger partial charge on any atom is 0.304 e. The van der Waals surface area contributed by atoms with Crippen LogP contribution in [-0.2, 0) is 16.8 Å². The topological polar surface area (TPSA) is 55.1 Å². The highest BCUT2D eigenvalue weighted by molar-refractivity contribution is 7.99. The van der Waals surface area contributed by atoms with Gasteiger partial charge in [-0.3, -0.25) is 4.79 Å². The summed E-state index contributed by atoms with van der Waals surface area (Å²) in [4.78, 5) is 18.6. The van der Waals surface area contributed by atoms with Crippen LogP contribution in [0.2, 0.25) is 5.02 Å². The van der Waals surface area contributed by atoms with Crippen molar-refractivity contribution in [2.24, 2.45) is 0 Å². The summed E-state index contributed by atoms with van der Waals surface area (Å²) in [5, 5.41) is 11.4. The van der Waals surface area contributed by atoms with E-state index in [1.165, 1.54) is 5.56 Å². The lowest BCUT2D eigenvalue weighted by molar-refractivity contribution is -0.137. The number of benzene rings is 1. The van der Waals surface area contributed by atoms with Crippen molar-refractivity contribution in [3.05, 3.63) is 52.8 Å². The SMILES string of the molecule is CC(C)(C)c1ccnc2c1c(Sc1ccc(Cl)cc1)c1n2CCCC1CC(=O)O. The van der Waals surface area contributed by atoms with E-state index in [4.69, 9.17) is 16.6 Å². The third-order valence-corrected chi connectivity index (χ3v) is 6.90. The maximum absolute atomic E-state index is 11.6. The second-order valence-electron chi connectivity index (χ2n) is 8.67. The minimum atomic E-state index is -0.750. The van der Waals surface area contributed by atoms with Crippen LogP contribution >= 0.6 is 23.4 Å². The molecule has 0 bridgehead atoms. The Bertz CT molecular complexity index is 1070. The average molecular weight is 429 g/mol. The molecule has 2 aromatic heterocycles. The lowest BCUT2D eigenvalue weighted by Gasteiger charge is -2.25. The molecular weight excluding hydrogens is 404 g/mol.